The van der Waals surface area contributed by atoms with E-state index in [1.54, 1.807) is 24.3 Å². The molecule has 0 unspecified atom stereocenters. The van der Waals surface area contributed by atoms with Crippen LogP contribution in [0.15, 0.2) is 71.6 Å². The molecule has 0 saturated carbocycles. The van der Waals surface area contributed by atoms with E-state index in [0.717, 1.165) is 17.9 Å². The molecule has 0 spiro atoms. The van der Waals surface area contributed by atoms with Crippen LogP contribution in [0.1, 0.15) is 15.9 Å². The van der Waals surface area contributed by atoms with Gasteiger partial charge in [-0.15, -0.1) is 0 Å². The van der Waals surface area contributed by atoms with E-state index in [1.165, 1.54) is 12.1 Å². The molecule has 0 bridgehead atoms. The third-order valence-corrected chi connectivity index (χ3v) is 5.75. The van der Waals surface area contributed by atoms with Gasteiger partial charge in [-0.25, -0.2) is 13.2 Å². The highest BCUT2D eigenvalue weighted by Gasteiger charge is 2.18. The Labute approximate surface area is 190 Å². The van der Waals surface area contributed by atoms with E-state index in [2.05, 4.69) is 5.32 Å². The molecule has 3 rings (SSSR count). The van der Waals surface area contributed by atoms with Gasteiger partial charge in [-0.2, -0.15) is 0 Å². The quantitative estimate of drug-likeness (QED) is 0.502. The second kappa shape index (κ2) is 9.84. The molecule has 0 radical (unpaired) electrons. The van der Waals surface area contributed by atoms with Gasteiger partial charge in [0.25, 0.3) is 5.91 Å². The molecule has 9 heteroatoms. The fraction of sp³-hybridized carbons (Fsp3) is 0.130. The molecule has 3 aromatic rings. The lowest BCUT2D eigenvalue weighted by molar-refractivity contribution is -0.119. The Bertz CT molecular complexity index is 1240. The number of aryl methyl sites for hydroxylation is 1. The normalized spacial score (nSPS) is 11.0. The topological polar surface area (TPSA) is 98.8 Å². The van der Waals surface area contributed by atoms with Crippen LogP contribution in [0.2, 0.25) is 5.02 Å². The molecule has 0 aliphatic heterocycles. The van der Waals surface area contributed by atoms with Crippen molar-refractivity contribution in [3.8, 4) is 11.5 Å². The van der Waals surface area contributed by atoms with Crippen molar-refractivity contribution in [2.75, 3.05) is 18.2 Å². The van der Waals surface area contributed by atoms with Gasteiger partial charge in [0.05, 0.1) is 15.5 Å². The average Bonchev–Trinajstić information content (AvgIpc) is 2.74. The van der Waals surface area contributed by atoms with E-state index in [4.69, 9.17) is 21.1 Å². The lowest BCUT2D eigenvalue weighted by Crippen LogP contribution is -2.21. The summed E-state index contributed by atoms with van der Waals surface area (Å²) in [5.74, 6) is -0.185. The fourth-order valence-corrected chi connectivity index (χ4v) is 3.49. The third kappa shape index (κ3) is 6.32. The van der Waals surface area contributed by atoms with Crippen LogP contribution in [-0.2, 0) is 19.4 Å². The Morgan fingerprint density at radius 2 is 1.53 bits per heavy atom. The van der Waals surface area contributed by atoms with Gasteiger partial charge in [0.2, 0.25) is 0 Å². The van der Waals surface area contributed by atoms with Gasteiger partial charge in [-0.3, -0.25) is 4.79 Å². The average molecular weight is 474 g/mol. The zero-order chi connectivity index (χ0) is 23.3. The second-order valence-electron chi connectivity index (χ2n) is 6.98. The largest absolute Gasteiger partial charge is 0.457 e. The summed E-state index contributed by atoms with van der Waals surface area (Å²) in [4.78, 5) is 24.3. The highest BCUT2D eigenvalue weighted by atomic mass is 35.5. The van der Waals surface area contributed by atoms with Crippen LogP contribution in [0, 0.1) is 6.92 Å². The molecule has 0 atom stereocenters. The molecular formula is C23H20ClNO6S. The SMILES string of the molecule is Cc1ccc(Oc2ccc(NC(=O)COC(=O)c3cc(S(C)(=O)=O)ccc3Cl)cc2)cc1. The molecule has 0 fully saturated rings. The van der Waals surface area contributed by atoms with Crippen molar-refractivity contribution >= 4 is 39.0 Å². The first-order chi connectivity index (χ1) is 15.1. The maximum absolute atomic E-state index is 12.2. The first-order valence-electron chi connectivity index (χ1n) is 9.43. The number of rotatable bonds is 7. The fourth-order valence-electron chi connectivity index (χ4n) is 2.65. The van der Waals surface area contributed by atoms with Crippen LogP contribution in [0.4, 0.5) is 5.69 Å². The highest BCUT2D eigenvalue weighted by molar-refractivity contribution is 7.90. The second-order valence-corrected chi connectivity index (χ2v) is 9.40. The lowest BCUT2D eigenvalue weighted by Gasteiger charge is -2.10. The maximum atomic E-state index is 12.2. The van der Waals surface area contributed by atoms with Gasteiger partial charge in [-0.05, 0) is 61.5 Å². The number of anilines is 1. The van der Waals surface area contributed by atoms with Crippen LogP contribution >= 0.6 is 11.6 Å². The summed E-state index contributed by atoms with van der Waals surface area (Å²) in [7, 11) is -3.53. The summed E-state index contributed by atoms with van der Waals surface area (Å²) in [6.07, 6.45) is 1.01. The third-order valence-electron chi connectivity index (χ3n) is 4.32. The van der Waals surface area contributed by atoms with Gasteiger partial charge < -0.3 is 14.8 Å². The molecular weight excluding hydrogens is 454 g/mol. The predicted octanol–water partition coefficient (Wildman–Crippen LogP) is 4.64. The Morgan fingerprint density at radius 3 is 2.12 bits per heavy atom. The number of esters is 1. The zero-order valence-corrected chi connectivity index (χ0v) is 18.9. The summed E-state index contributed by atoms with van der Waals surface area (Å²) in [5, 5.41) is 2.62. The van der Waals surface area contributed by atoms with E-state index in [9.17, 15) is 18.0 Å². The van der Waals surface area contributed by atoms with Crippen molar-refractivity contribution in [2.24, 2.45) is 0 Å². The molecule has 0 aliphatic rings. The number of ether oxygens (including phenoxy) is 2. The molecule has 3 aromatic carbocycles. The first kappa shape index (κ1) is 23.3. The summed E-state index contributed by atoms with van der Waals surface area (Å²) >= 11 is 5.96. The van der Waals surface area contributed by atoms with Gasteiger partial charge in [0.1, 0.15) is 11.5 Å². The van der Waals surface area contributed by atoms with E-state index in [-0.39, 0.29) is 15.5 Å². The minimum atomic E-state index is -3.53. The number of nitrogens with one attached hydrogen (secondary N) is 1. The molecule has 0 heterocycles. The molecule has 0 aromatic heterocycles. The standard InChI is InChI=1S/C23H20ClNO6S/c1-15-3-7-17(8-4-15)31-18-9-5-16(6-10-18)25-22(26)14-30-23(27)20-13-19(32(2,28)29)11-12-21(20)24/h3-13H,14H2,1-2H3,(H,25,26). The van der Waals surface area contributed by atoms with E-state index >= 15 is 0 Å². The molecule has 0 aliphatic carbocycles. The Hall–Kier alpha value is -3.36. The highest BCUT2D eigenvalue weighted by Crippen LogP contribution is 2.24. The summed E-state index contributed by atoms with van der Waals surface area (Å²) in [6, 6.07) is 18.0. The predicted molar refractivity (Wildman–Crippen MR) is 121 cm³/mol. The van der Waals surface area contributed by atoms with Crippen LogP contribution in [0.3, 0.4) is 0 Å². The maximum Gasteiger partial charge on any atom is 0.340 e. The van der Waals surface area contributed by atoms with E-state index in [0.29, 0.717) is 17.2 Å². The Morgan fingerprint density at radius 1 is 0.938 bits per heavy atom. The summed E-state index contributed by atoms with van der Waals surface area (Å²) in [6.45, 7) is 1.42. The molecule has 166 valence electrons. The van der Waals surface area contributed by atoms with Crippen molar-refractivity contribution in [3.63, 3.8) is 0 Å². The van der Waals surface area contributed by atoms with Gasteiger partial charge in [-0.1, -0.05) is 29.3 Å². The van der Waals surface area contributed by atoms with Crippen LogP contribution in [0.25, 0.3) is 0 Å². The number of amides is 1. The number of carbonyl (C=O) groups excluding carboxylic acids is 2. The Balaban J connectivity index is 1.56. The van der Waals surface area contributed by atoms with Crippen molar-refractivity contribution in [2.45, 2.75) is 11.8 Å². The van der Waals surface area contributed by atoms with Crippen molar-refractivity contribution in [1.82, 2.24) is 0 Å². The number of sulfone groups is 1. The van der Waals surface area contributed by atoms with E-state index < -0.39 is 28.3 Å². The van der Waals surface area contributed by atoms with Gasteiger partial charge in [0, 0.05) is 11.9 Å². The first-order valence-corrected chi connectivity index (χ1v) is 11.7. The van der Waals surface area contributed by atoms with Gasteiger partial charge in [0.15, 0.2) is 16.4 Å². The minimum absolute atomic E-state index is 0.0203. The van der Waals surface area contributed by atoms with Crippen molar-refractivity contribution < 1.29 is 27.5 Å². The lowest BCUT2D eigenvalue weighted by atomic mass is 10.2. The molecule has 0 saturated heterocycles. The van der Waals surface area contributed by atoms with Crippen molar-refractivity contribution in [3.05, 3.63) is 82.9 Å². The molecule has 1 amide bonds. The summed E-state index contributed by atoms with van der Waals surface area (Å²) < 4.78 is 34.0. The summed E-state index contributed by atoms with van der Waals surface area (Å²) in [5.41, 5.74) is 1.47. The van der Waals surface area contributed by atoms with E-state index in [1.807, 2.05) is 31.2 Å². The number of benzene rings is 3. The number of hydrogen-bond acceptors (Lipinski definition) is 6. The molecule has 7 nitrogen and oxygen atoms in total. The Kier molecular flexibility index (Phi) is 7.17. The number of hydrogen-bond donors (Lipinski definition) is 1. The van der Waals surface area contributed by atoms with Crippen LogP contribution in [0.5, 0.6) is 11.5 Å². The van der Waals surface area contributed by atoms with Gasteiger partial charge >= 0.3 is 5.97 Å². The molecule has 32 heavy (non-hydrogen) atoms. The van der Waals surface area contributed by atoms with Crippen LogP contribution in [-0.4, -0.2) is 33.2 Å². The molecule has 1 N–H and O–H groups in total. The number of carbonyl (C=O) groups is 2. The van der Waals surface area contributed by atoms with Crippen LogP contribution < -0.4 is 10.1 Å². The minimum Gasteiger partial charge on any atom is -0.457 e. The monoisotopic (exact) mass is 473 g/mol. The smallest absolute Gasteiger partial charge is 0.340 e. The zero-order valence-electron chi connectivity index (χ0n) is 17.3. The van der Waals surface area contributed by atoms with Crippen molar-refractivity contribution in [1.29, 1.82) is 0 Å². The number of halogens is 1.